The van der Waals surface area contributed by atoms with Crippen molar-refractivity contribution in [2.75, 3.05) is 26.1 Å². The van der Waals surface area contributed by atoms with E-state index in [0.29, 0.717) is 30.9 Å². The largest absolute Gasteiger partial charge is 0.493 e. The van der Waals surface area contributed by atoms with E-state index < -0.39 is 17.2 Å². The Labute approximate surface area is 167 Å². The van der Waals surface area contributed by atoms with E-state index in [1.54, 1.807) is 26.4 Å². The Morgan fingerprint density at radius 1 is 1.11 bits per heavy atom. The highest BCUT2D eigenvalue weighted by atomic mass is 16.6. The molecule has 0 aliphatic rings. The number of ether oxygens (including phenoxy) is 3. The van der Waals surface area contributed by atoms with E-state index in [1.807, 2.05) is 40.7 Å². The van der Waals surface area contributed by atoms with Gasteiger partial charge in [0, 0.05) is 11.8 Å². The Bertz CT molecular complexity index is 679. The van der Waals surface area contributed by atoms with Crippen molar-refractivity contribution < 1.29 is 19.0 Å². The van der Waals surface area contributed by atoms with Crippen LogP contribution in [0, 0.1) is 0 Å². The first-order valence-electron chi connectivity index (χ1n) is 9.38. The van der Waals surface area contributed by atoms with Crippen molar-refractivity contribution in [1.29, 1.82) is 0 Å². The predicted molar refractivity (Wildman–Crippen MR) is 112 cm³/mol. The van der Waals surface area contributed by atoms with Gasteiger partial charge in [0.05, 0.1) is 26.3 Å². The van der Waals surface area contributed by atoms with Crippen LogP contribution in [0.15, 0.2) is 23.2 Å². The van der Waals surface area contributed by atoms with Gasteiger partial charge in [-0.2, -0.15) is 0 Å². The number of nitrogens with zero attached hydrogens (tertiary/aromatic N) is 1. The maximum Gasteiger partial charge on any atom is 0.408 e. The molecule has 0 aliphatic heterocycles. The van der Waals surface area contributed by atoms with Crippen molar-refractivity contribution >= 4 is 17.7 Å². The minimum Gasteiger partial charge on any atom is -0.493 e. The summed E-state index contributed by atoms with van der Waals surface area (Å²) in [5.41, 5.74) is 5.66. The lowest BCUT2D eigenvalue weighted by Gasteiger charge is -2.32. The molecule has 1 aromatic rings. The molecule has 0 bridgehead atoms. The molecule has 8 heteroatoms. The number of alkyl carbamates (subject to hydrolysis) is 1. The van der Waals surface area contributed by atoms with Crippen LogP contribution in [0.5, 0.6) is 11.5 Å². The topological polar surface area (TPSA) is 107 Å². The summed E-state index contributed by atoms with van der Waals surface area (Å²) in [5.74, 6) is 1.45. The summed E-state index contributed by atoms with van der Waals surface area (Å²) < 4.78 is 15.9. The molecule has 28 heavy (non-hydrogen) atoms. The summed E-state index contributed by atoms with van der Waals surface area (Å²) in [6.45, 7) is 9.80. The first kappa shape index (κ1) is 23.4. The molecule has 0 atom stereocenters. The van der Waals surface area contributed by atoms with Gasteiger partial charge >= 0.3 is 6.09 Å². The number of anilines is 1. The highest BCUT2D eigenvalue weighted by Crippen LogP contribution is 2.29. The van der Waals surface area contributed by atoms with Gasteiger partial charge in [-0.1, -0.05) is 13.8 Å². The van der Waals surface area contributed by atoms with Crippen molar-refractivity contribution in [2.45, 2.75) is 58.6 Å². The van der Waals surface area contributed by atoms with Crippen LogP contribution in [-0.4, -0.2) is 44.0 Å². The fourth-order valence-corrected chi connectivity index (χ4v) is 2.55. The molecule has 8 nitrogen and oxygen atoms in total. The Morgan fingerprint density at radius 2 is 1.71 bits per heavy atom. The SMILES string of the molecule is CCC(CC)(CN=C(N)Nc1ccc(OC)c(OC)c1)NC(=O)OC(C)(C)C. The van der Waals surface area contributed by atoms with Gasteiger partial charge in [0.1, 0.15) is 5.60 Å². The van der Waals surface area contributed by atoms with Crippen LogP contribution >= 0.6 is 0 Å². The number of carbonyl (C=O) groups excluding carboxylic acids is 1. The van der Waals surface area contributed by atoms with Gasteiger partial charge in [0.25, 0.3) is 0 Å². The predicted octanol–water partition coefficient (Wildman–Crippen LogP) is 3.51. The van der Waals surface area contributed by atoms with Gasteiger partial charge in [0.15, 0.2) is 17.5 Å². The van der Waals surface area contributed by atoms with Crippen LogP contribution in [0.4, 0.5) is 10.5 Å². The third-order valence-corrected chi connectivity index (χ3v) is 4.33. The van der Waals surface area contributed by atoms with Gasteiger partial charge < -0.3 is 30.6 Å². The van der Waals surface area contributed by atoms with Gasteiger partial charge in [-0.3, -0.25) is 4.99 Å². The number of hydrogen-bond donors (Lipinski definition) is 3. The lowest BCUT2D eigenvalue weighted by atomic mass is 9.93. The molecule has 0 unspecified atom stereocenters. The van der Waals surface area contributed by atoms with E-state index in [9.17, 15) is 4.79 Å². The lowest BCUT2D eigenvalue weighted by Crippen LogP contribution is -2.52. The quantitative estimate of drug-likeness (QED) is 0.460. The number of nitrogens with one attached hydrogen (secondary N) is 2. The third kappa shape index (κ3) is 7.17. The molecule has 0 saturated carbocycles. The third-order valence-electron chi connectivity index (χ3n) is 4.33. The number of hydrogen-bond acceptors (Lipinski definition) is 5. The fourth-order valence-electron chi connectivity index (χ4n) is 2.55. The summed E-state index contributed by atoms with van der Waals surface area (Å²) in [5, 5.41) is 5.98. The summed E-state index contributed by atoms with van der Waals surface area (Å²) >= 11 is 0. The zero-order valence-electron chi connectivity index (χ0n) is 18.0. The van der Waals surface area contributed by atoms with Crippen LogP contribution in [-0.2, 0) is 4.74 Å². The average molecular weight is 395 g/mol. The number of amides is 1. The summed E-state index contributed by atoms with van der Waals surface area (Å²) in [4.78, 5) is 16.6. The molecule has 0 fully saturated rings. The van der Waals surface area contributed by atoms with Gasteiger partial charge in [-0.25, -0.2) is 4.79 Å². The number of guanidine groups is 1. The fraction of sp³-hybridized carbons (Fsp3) is 0.600. The summed E-state index contributed by atoms with van der Waals surface area (Å²) in [6, 6.07) is 5.36. The van der Waals surface area contributed by atoms with Crippen molar-refractivity contribution in [1.82, 2.24) is 5.32 Å². The Morgan fingerprint density at radius 3 is 2.21 bits per heavy atom. The van der Waals surface area contributed by atoms with Crippen LogP contribution < -0.4 is 25.8 Å². The van der Waals surface area contributed by atoms with E-state index in [2.05, 4.69) is 15.6 Å². The van der Waals surface area contributed by atoms with E-state index in [4.69, 9.17) is 19.9 Å². The molecule has 0 radical (unpaired) electrons. The molecular weight excluding hydrogens is 360 g/mol. The van der Waals surface area contributed by atoms with E-state index in [-0.39, 0.29) is 5.96 Å². The molecule has 1 amide bonds. The molecule has 0 heterocycles. The van der Waals surface area contributed by atoms with Crippen molar-refractivity contribution in [3.8, 4) is 11.5 Å². The lowest BCUT2D eigenvalue weighted by molar-refractivity contribution is 0.0452. The Hall–Kier alpha value is -2.64. The molecular formula is C20H34N4O4. The first-order chi connectivity index (χ1) is 13.1. The highest BCUT2D eigenvalue weighted by molar-refractivity contribution is 5.92. The molecule has 158 valence electrons. The van der Waals surface area contributed by atoms with Gasteiger partial charge in [-0.15, -0.1) is 0 Å². The number of aliphatic imine (C=N–C) groups is 1. The van der Waals surface area contributed by atoms with E-state index in [1.165, 1.54) is 0 Å². The van der Waals surface area contributed by atoms with E-state index >= 15 is 0 Å². The van der Waals surface area contributed by atoms with Crippen LogP contribution in [0.3, 0.4) is 0 Å². The number of benzene rings is 1. The van der Waals surface area contributed by atoms with Crippen LogP contribution in [0.25, 0.3) is 0 Å². The average Bonchev–Trinajstić information content (AvgIpc) is 2.63. The zero-order valence-corrected chi connectivity index (χ0v) is 18.0. The number of nitrogens with two attached hydrogens (primary N) is 1. The Balaban J connectivity index is 2.85. The zero-order chi connectivity index (χ0) is 21.4. The maximum atomic E-state index is 12.2. The number of methoxy groups -OCH3 is 2. The van der Waals surface area contributed by atoms with Crippen molar-refractivity contribution in [3.05, 3.63) is 18.2 Å². The number of carbonyl (C=O) groups is 1. The minimum absolute atomic E-state index is 0.240. The molecule has 0 aliphatic carbocycles. The normalized spacial score (nSPS) is 12.3. The second-order valence-corrected chi connectivity index (χ2v) is 7.51. The summed E-state index contributed by atoms with van der Waals surface area (Å²) in [6.07, 6.45) is 0.920. The Kier molecular flexibility index (Phi) is 8.40. The smallest absolute Gasteiger partial charge is 0.408 e. The molecule has 4 N–H and O–H groups in total. The highest BCUT2D eigenvalue weighted by Gasteiger charge is 2.30. The van der Waals surface area contributed by atoms with Gasteiger partial charge in [0.2, 0.25) is 0 Å². The minimum atomic E-state index is -0.561. The standard InChI is InChI=1S/C20H34N4O4/c1-8-20(9-2,24-18(25)28-19(3,4)5)13-22-17(21)23-14-10-11-15(26-6)16(12-14)27-7/h10-12H,8-9,13H2,1-7H3,(H,24,25)(H3,21,22,23). The monoisotopic (exact) mass is 394 g/mol. The van der Waals surface area contributed by atoms with Crippen LogP contribution in [0.1, 0.15) is 47.5 Å². The molecule has 0 aromatic heterocycles. The molecule has 0 spiro atoms. The maximum absolute atomic E-state index is 12.2. The molecule has 1 rings (SSSR count). The van der Waals surface area contributed by atoms with Crippen molar-refractivity contribution in [2.24, 2.45) is 10.7 Å². The first-order valence-corrected chi connectivity index (χ1v) is 9.38. The van der Waals surface area contributed by atoms with Gasteiger partial charge in [-0.05, 0) is 45.7 Å². The van der Waals surface area contributed by atoms with Crippen LogP contribution in [0.2, 0.25) is 0 Å². The molecule has 0 saturated heterocycles. The second kappa shape index (κ2) is 10.1. The van der Waals surface area contributed by atoms with E-state index in [0.717, 1.165) is 5.69 Å². The second-order valence-electron chi connectivity index (χ2n) is 7.51. The number of rotatable bonds is 8. The summed E-state index contributed by atoms with van der Waals surface area (Å²) in [7, 11) is 3.14. The van der Waals surface area contributed by atoms with Crippen molar-refractivity contribution in [3.63, 3.8) is 0 Å². The molecule has 1 aromatic carbocycles.